The van der Waals surface area contributed by atoms with Crippen molar-refractivity contribution in [3.63, 3.8) is 0 Å². The van der Waals surface area contributed by atoms with Gasteiger partial charge in [0.05, 0.1) is 11.9 Å². The van der Waals surface area contributed by atoms with Gasteiger partial charge >= 0.3 is 0 Å². The third-order valence-electron chi connectivity index (χ3n) is 2.19. The van der Waals surface area contributed by atoms with Gasteiger partial charge in [0.1, 0.15) is 0 Å². The van der Waals surface area contributed by atoms with Crippen molar-refractivity contribution in [2.24, 2.45) is 0 Å². The summed E-state index contributed by atoms with van der Waals surface area (Å²) in [6.07, 6.45) is 1.68. The molecule has 1 aromatic heterocycles. The number of benzene rings is 1. The van der Waals surface area contributed by atoms with Crippen molar-refractivity contribution in [1.29, 1.82) is 0 Å². The fraction of sp³-hybridized carbons (Fsp3) is 0.0833. The number of rotatable bonds is 1. The number of anilines is 1. The first kappa shape index (κ1) is 8.75. The highest BCUT2D eigenvalue weighted by atomic mass is 14.7. The quantitative estimate of drug-likeness (QED) is 0.740. The number of nitrogen functional groups attached to an aromatic ring is 1. The first-order valence-corrected chi connectivity index (χ1v) is 4.55. The van der Waals surface area contributed by atoms with Crippen LogP contribution in [-0.2, 0) is 0 Å². The van der Waals surface area contributed by atoms with E-state index in [9.17, 15) is 0 Å². The minimum atomic E-state index is 0.703. The maximum atomic E-state index is 5.70. The van der Waals surface area contributed by atoms with Crippen molar-refractivity contribution in [3.05, 3.63) is 48.3 Å². The van der Waals surface area contributed by atoms with Crippen LogP contribution in [0.15, 0.2) is 42.6 Å². The van der Waals surface area contributed by atoms with E-state index in [1.807, 2.05) is 31.2 Å². The van der Waals surface area contributed by atoms with Crippen molar-refractivity contribution < 1.29 is 0 Å². The van der Waals surface area contributed by atoms with E-state index in [1.165, 1.54) is 0 Å². The molecule has 1 aromatic carbocycles. The lowest BCUT2D eigenvalue weighted by Crippen LogP contribution is -1.92. The molecule has 0 saturated carbocycles. The standard InChI is InChI=1S/C12H12N2/c1-9-12(7-11(13)8-14-9)10-5-3-2-4-6-10/h2-8H,13H2,1H3. The Morgan fingerprint density at radius 1 is 1.14 bits per heavy atom. The van der Waals surface area contributed by atoms with Gasteiger partial charge in [-0.05, 0) is 18.6 Å². The Labute approximate surface area is 83.4 Å². The first-order valence-electron chi connectivity index (χ1n) is 4.55. The Hall–Kier alpha value is -1.83. The number of hydrogen-bond acceptors (Lipinski definition) is 2. The van der Waals surface area contributed by atoms with E-state index in [0.29, 0.717) is 5.69 Å². The van der Waals surface area contributed by atoms with E-state index in [1.54, 1.807) is 6.20 Å². The van der Waals surface area contributed by atoms with Crippen molar-refractivity contribution in [1.82, 2.24) is 4.98 Å². The molecule has 0 saturated heterocycles. The van der Waals surface area contributed by atoms with Crippen LogP contribution in [0.3, 0.4) is 0 Å². The van der Waals surface area contributed by atoms with E-state index in [-0.39, 0.29) is 0 Å². The van der Waals surface area contributed by atoms with E-state index in [2.05, 4.69) is 17.1 Å². The van der Waals surface area contributed by atoms with Crippen LogP contribution in [0.5, 0.6) is 0 Å². The summed E-state index contributed by atoms with van der Waals surface area (Å²) in [6.45, 7) is 1.99. The van der Waals surface area contributed by atoms with Gasteiger partial charge in [-0.25, -0.2) is 0 Å². The van der Waals surface area contributed by atoms with E-state index < -0.39 is 0 Å². The number of hydrogen-bond donors (Lipinski definition) is 1. The van der Waals surface area contributed by atoms with Gasteiger partial charge in [0.15, 0.2) is 0 Å². The van der Waals surface area contributed by atoms with E-state index in [4.69, 9.17) is 5.73 Å². The van der Waals surface area contributed by atoms with Crippen LogP contribution in [0.1, 0.15) is 5.69 Å². The van der Waals surface area contributed by atoms with Gasteiger partial charge in [-0.15, -0.1) is 0 Å². The second kappa shape index (κ2) is 3.50. The first-order chi connectivity index (χ1) is 6.77. The Bertz CT molecular complexity index is 435. The van der Waals surface area contributed by atoms with Crippen LogP contribution in [-0.4, -0.2) is 4.98 Å². The average molecular weight is 184 g/mol. The number of aryl methyl sites for hydroxylation is 1. The minimum Gasteiger partial charge on any atom is -0.397 e. The predicted octanol–water partition coefficient (Wildman–Crippen LogP) is 2.64. The van der Waals surface area contributed by atoms with Crippen molar-refractivity contribution in [2.45, 2.75) is 6.92 Å². The van der Waals surface area contributed by atoms with E-state index >= 15 is 0 Å². The monoisotopic (exact) mass is 184 g/mol. The highest BCUT2D eigenvalue weighted by Gasteiger charge is 2.01. The summed E-state index contributed by atoms with van der Waals surface area (Å²) in [4.78, 5) is 4.23. The average Bonchev–Trinajstić information content (AvgIpc) is 2.23. The second-order valence-corrected chi connectivity index (χ2v) is 3.27. The molecule has 0 unspecified atom stereocenters. The fourth-order valence-corrected chi connectivity index (χ4v) is 1.46. The molecule has 2 heteroatoms. The summed E-state index contributed by atoms with van der Waals surface area (Å²) in [6, 6.07) is 12.1. The second-order valence-electron chi connectivity index (χ2n) is 3.27. The molecule has 0 amide bonds. The molecule has 2 nitrogen and oxygen atoms in total. The maximum Gasteiger partial charge on any atom is 0.0507 e. The lowest BCUT2D eigenvalue weighted by molar-refractivity contribution is 1.21. The predicted molar refractivity (Wildman–Crippen MR) is 58.8 cm³/mol. The SMILES string of the molecule is Cc1ncc(N)cc1-c1ccccc1. The van der Waals surface area contributed by atoms with Gasteiger partial charge in [0.25, 0.3) is 0 Å². The van der Waals surface area contributed by atoms with Crippen LogP contribution in [0.4, 0.5) is 5.69 Å². The third-order valence-corrected chi connectivity index (χ3v) is 2.19. The highest BCUT2D eigenvalue weighted by Crippen LogP contribution is 2.23. The summed E-state index contributed by atoms with van der Waals surface area (Å²) >= 11 is 0. The van der Waals surface area contributed by atoms with Crippen molar-refractivity contribution >= 4 is 5.69 Å². The molecule has 14 heavy (non-hydrogen) atoms. The highest BCUT2D eigenvalue weighted by molar-refractivity contribution is 5.68. The van der Waals surface area contributed by atoms with Crippen LogP contribution >= 0.6 is 0 Å². The lowest BCUT2D eigenvalue weighted by Gasteiger charge is -2.05. The Kier molecular flexibility index (Phi) is 2.19. The van der Waals surface area contributed by atoms with E-state index in [0.717, 1.165) is 16.8 Å². The van der Waals surface area contributed by atoms with Gasteiger partial charge in [0.2, 0.25) is 0 Å². The summed E-state index contributed by atoms with van der Waals surface area (Å²) < 4.78 is 0. The zero-order valence-electron chi connectivity index (χ0n) is 8.07. The largest absolute Gasteiger partial charge is 0.397 e. The summed E-state index contributed by atoms with van der Waals surface area (Å²) in [5.41, 5.74) is 9.67. The van der Waals surface area contributed by atoms with Crippen molar-refractivity contribution in [2.75, 3.05) is 5.73 Å². The number of nitrogens with two attached hydrogens (primary N) is 1. The Balaban J connectivity index is 2.57. The third kappa shape index (κ3) is 1.59. The van der Waals surface area contributed by atoms with Gasteiger partial charge in [-0.2, -0.15) is 0 Å². The minimum absolute atomic E-state index is 0.703. The molecule has 0 spiro atoms. The normalized spacial score (nSPS) is 10.1. The summed E-state index contributed by atoms with van der Waals surface area (Å²) in [7, 11) is 0. The molecule has 0 fully saturated rings. The molecule has 2 aromatic rings. The van der Waals surface area contributed by atoms with Gasteiger partial charge in [-0.3, -0.25) is 4.98 Å². The molecular formula is C12H12N2. The van der Waals surface area contributed by atoms with Crippen LogP contribution in [0, 0.1) is 6.92 Å². The summed E-state index contributed by atoms with van der Waals surface area (Å²) in [5.74, 6) is 0. The molecule has 0 aliphatic carbocycles. The smallest absolute Gasteiger partial charge is 0.0507 e. The van der Waals surface area contributed by atoms with Crippen LogP contribution < -0.4 is 5.73 Å². The maximum absolute atomic E-state index is 5.70. The molecule has 0 aliphatic rings. The zero-order valence-corrected chi connectivity index (χ0v) is 8.07. The molecule has 70 valence electrons. The molecule has 2 rings (SSSR count). The topological polar surface area (TPSA) is 38.9 Å². The Morgan fingerprint density at radius 3 is 2.57 bits per heavy atom. The molecule has 0 bridgehead atoms. The molecule has 2 N–H and O–H groups in total. The molecule has 0 aliphatic heterocycles. The molecule has 0 radical (unpaired) electrons. The van der Waals surface area contributed by atoms with Gasteiger partial charge in [0, 0.05) is 11.3 Å². The van der Waals surface area contributed by atoms with Crippen molar-refractivity contribution in [3.8, 4) is 11.1 Å². The van der Waals surface area contributed by atoms with Gasteiger partial charge in [-0.1, -0.05) is 30.3 Å². The number of pyridine rings is 1. The molecular weight excluding hydrogens is 172 g/mol. The van der Waals surface area contributed by atoms with Crippen LogP contribution in [0.25, 0.3) is 11.1 Å². The molecule has 0 atom stereocenters. The summed E-state index contributed by atoms with van der Waals surface area (Å²) in [5, 5.41) is 0. The number of aromatic nitrogens is 1. The lowest BCUT2D eigenvalue weighted by atomic mass is 10.0. The van der Waals surface area contributed by atoms with Crippen LogP contribution in [0.2, 0.25) is 0 Å². The molecule has 1 heterocycles. The Morgan fingerprint density at radius 2 is 1.86 bits per heavy atom. The fourth-order valence-electron chi connectivity index (χ4n) is 1.46. The number of nitrogens with zero attached hydrogens (tertiary/aromatic N) is 1. The van der Waals surface area contributed by atoms with Gasteiger partial charge < -0.3 is 5.73 Å². The zero-order chi connectivity index (χ0) is 9.97.